The summed E-state index contributed by atoms with van der Waals surface area (Å²) in [5.74, 6) is 2.55. The molecule has 2 rings (SSSR count). The van der Waals surface area contributed by atoms with Crippen molar-refractivity contribution in [3.63, 3.8) is 0 Å². The number of amides is 1. The number of benzene rings is 1. The van der Waals surface area contributed by atoms with Crippen molar-refractivity contribution in [3.8, 4) is 12.3 Å². The molecule has 0 fully saturated rings. The molecule has 0 aliphatic carbocycles. The minimum absolute atomic E-state index is 0.0487. The zero-order chi connectivity index (χ0) is 14.4. The minimum atomic E-state index is -0.0487. The average molecular weight is 266 g/mol. The lowest BCUT2D eigenvalue weighted by molar-refractivity contribution is 0.0954. The molecule has 0 unspecified atom stereocenters. The van der Waals surface area contributed by atoms with Gasteiger partial charge in [-0.25, -0.2) is 0 Å². The topological polar surface area (TPSA) is 42.0 Å². The Kier molecular flexibility index (Phi) is 4.73. The van der Waals surface area contributed by atoms with E-state index in [1.807, 2.05) is 37.3 Å². The van der Waals surface area contributed by atoms with E-state index in [4.69, 9.17) is 6.42 Å². The second kappa shape index (κ2) is 6.72. The molecular formula is C17H18N2O. The van der Waals surface area contributed by atoms with Crippen LogP contribution in [0.2, 0.25) is 0 Å². The molecule has 1 N–H and O–H groups in total. The summed E-state index contributed by atoms with van der Waals surface area (Å²) in [6, 6.07) is 9.53. The van der Waals surface area contributed by atoms with Crippen LogP contribution >= 0.6 is 0 Å². The van der Waals surface area contributed by atoms with Gasteiger partial charge in [0, 0.05) is 24.0 Å². The first-order valence-electron chi connectivity index (χ1n) is 6.80. The van der Waals surface area contributed by atoms with E-state index < -0.39 is 0 Å². The number of aromatic nitrogens is 1. The highest BCUT2D eigenvalue weighted by Crippen LogP contribution is 2.18. The molecule has 0 saturated heterocycles. The number of unbranched alkanes of at least 4 members (excludes halogenated alkanes) is 2. The third-order valence-electron chi connectivity index (χ3n) is 3.12. The van der Waals surface area contributed by atoms with E-state index in [0.29, 0.717) is 12.1 Å². The SMILES string of the molecule is C#CCCCCNC(=O)c1cc(C)nc2ccccc12. The van der Waals surface area contributed by atoms with E-state index in [9.17, 15) is 4.79 Å². The van der Waals surface area contributed by atoms with Crippen LogP contribution in [0.25, 0.3) is 10.9 Å². The molecule has 0 saturated carbocycles. The molecule has 20 heavy (non-hydrogen) atoms. The van der Waals surface area contributed by atoms with Crippen LogP contribution in [-0.2, 0) is 0 Å². The van der Waals surface area contributed by atoms with Crippen LogP contribution < -0.4 is 5.32 Å². The van der Waals surface area contributed by atoms with Crippen molar-refractivity contribution in [1.29, 1.82) is 0 Å². The molecule has 3 heteroatoms. The Balaban J connectivity index is 2.12. The van der Waals surface area contributed by atoms with Crippen LogP contribution in [0.1, 0.15) is 35.3 Å². The number of pyridine rings is 1. The Bertz CT molecular complexity index is 656. The first-order chi connectivity index (χ1) is 9.72. The van der Waals surface area contributed by atoms with Gasteiger partial charge >= 0.3 is 0 Å². The van der Waals surface area contributed by atoms with Gasteiger partial charge in [0.2, 0.25) is 0 Å². The van der Waals surface area contributed by atoms with Gasteiger partial charge in [0.1, 0.15) is 0 Å². The van der Waals surface area contributed by atoms with E-state index in [0.717, 1.165) is 35.9 Å². The number of nitrogens with zero attached hydrogens (tertiary/aromatic N) is 1. The largest absolute Gasteiger partial charge is 0.352 e. The molecular weight excluding hydrogens is 248 g/mol. The predicted molar refractivity (Wildman–Crippen MR) is 81.5 cm³/mol. The Morgan fingerprint density at radius 2 is 2.15 bits per heavy atom. The monoisotopic (exact) mass is 266 g/mol. The highest BCUT2D eigenvalue weighted by atomic mass is 16.1. The summed E-state index contributed by atoms with van der Waals surface area (Å²) in [4.78, 5) is 16.7. The zero-order valence-electron chi connectivity index (χ0n) is 11.6. The number of hydrogen-bond acceptors (Lipinski definition) is 2. The lowest BCUT2D eigenvalue weighted by Crippen LogP contribution is -2.24. The van der Waals surface area contributed by atoms with E-state index in [1.54, 1.807) is 0 Å². The molecule has 0 radical (unpaired) electrons. The first kappa shape index (κ1) is 14.1. The maximum absolute atomic E-state index is 12.3. The van der Waals surface area contributed by atoms with Gasteiger partial charge in [0.05, 0.1) is 11.1 Å². The standard InChI is InChI=1S/C17H18N2O/c1-3-4-5-8-11-18-17(20)15-12-13(2)19-16-10-7-6-9-14(15)16/h1,6-7,9-10,12H,4-5,8,11H2,2H3,(H,18,20). The molecule has 0 bridgehead atoms. The van der Waals surface area contributed by atoms with Gasteiger partial charge in [-0.3, -0.25) is 9.78 Å². The number of fused-ring (bicyclic) bond motifs is 1. The van der Waals surface area contributed by atoms with E-state index in [1.165, 1.54) is 0 Å². The van der Waals surface area contributed by atoms with Gasteiger partial charge in [-0.05, 0) is 31.9 Å². The summed E-state index contributed by atoms with van der Waals surface area (Å²) in [7, 11) is 0. The highest BCUT2D eigenvalue weighted by Gasteiger charge is 2.10. The van der Waals surface area contributed by atoms with Gasteiger partial charge in [-0.2, -0.15) is 0 Å². The molecule has 2 aromatic rings. The van der Waals surface area contributed by atoms with Crippen molar-refractivity contribution in [2.75, 3.05) is 6.54 Å². The third kappa shape index (κ3) is 3.36. The van der Waals surface area contributed by atoms with Crippen LogP contribution in [0.4, 0.5) is 0 Å². The number of carbonyl (C=O) groups excluding carboxylic acids is 1. The number of rotatable bonds is 5. The second-order valence-electron chi connectivity index (χ2n) is 4.75. The van der Waals surface area contributed by atoms with Gasteiger partial charge in [0.15, 0.2) is 0 Å². The minimum Gasteiger partial charge on any atom is -0.352 e. The van der Waals surface area contributed by atoms with Crippen molar-refractivity contribution in [3.05, 3.63) is 41.6 Å². The summed E-state index contributed by atoms with van der Waals surface area (Å²) in [6.45, 7) is 2.55. The Labute approximate surface area is 119 Å². The summed E-state index contributed by atoms with van der Waals surface area (Å²) in [5.41, 5.74) is 2.39. The summed E-state index contributed by atoms with van der Waals surface area (Å²) >= 11 is 0. The fraction of sp³-hybridized carbons (Fsp3) is 0.294. The van der Waals surface area contributed by atoms with Gasteiger partial charge in [-0.15, -0.1) is 12.3 Å². The molecule has 102 valence electrons. The normalized spacial score (nSPS) is 10.2. The zero-order valence-corrected chi connectivity index (χ0v) is 11.6. The second-order valence-corrected chi connectivity index (χ2v) is 4.75. The molecule has 1 aromatic carbocycles. The first-order valence-corrected chi connectivity index (χ1v) is 6.80. The molecule has 3 nitrogen and oxygen atoms in total. The quantitative estimate of drug-likeness (QED) is 0.667. The maximum Gasteiger partial charge on any atom is 0.252 e. The molecule has 0 aliphatic rings. The van der Waals surface area contributed by atoms with Gasteiger partial charge < -0.3 is 5.32 Å². The lowest BCUT2D eigenvalue weighted by atomic mass is 10.1. The Hall–Kier alpha value is -2.34. The van der Waals surface area contributed by atoms with Gasteiger partial charge in [0.25, 0.3) is 5.91 Å². The summed E-state index contributed by atoms with van der Waals surface area (Å²) in [6.07, 6.45) is 7.79. The van der Waals surface area contributed by atoms with Gasteiger partial charge in [-0.1, -0.05) is 18.2 Å². The Morgan fingerprint density at radius 1 is 1.35 bits per heavy atom. The van der Waals surface area contributed by atoms with Crippen LogP contribution in [-0.4, -0.2) is 17.4 Å². The van der Waals surface area contributed by atoms with Crippen molar-refractivity contribution in [2.24, 2.45) is 0 Å². The van der Waals surface area contributed by atoms with Crippen molar-refractivity contribution >= 4 is 16.8 Å². The van der Waals surface area contributed by atoms with E-state index >= 15 is 0 Å². The van der Waals surface area contributed by atoms with Crippen LogP contribution in [0.5, 0.6) is 0 Å². The average Bonchev–Trinajstić information content (AvgIpc) is 2.46. The number of para-hydroxylation sites is 1. The maximum atomic E-state index is 12.3. The predicted octanol–water partition coefficient (Wildman–Crippen LogP) is 3.08. The number of terminal acetylenes is 1. The molecule has 1 amide bonds. The molecule has 1 aromatic heterocycles. The smallest absolute Gasteiger partial charge is 0.252 e. The third-order valence-corrected chi connectivity index (χ3v) is 3.12. The Morgan fingerprint density at radius 3 is 2.95 bits per heavy atom. The van der Waals surface area contributed by atoms with Crippen molar-refractivity contribution in [2.45, 2.75) is 26.2 Å². The number of nitrogens with one attached hydrogen (secondary N) is 1. The highest BCUT2D eigenvalue weighted by molar-refractivity contribution is 6.06. The summed E-state index contributed by atoms with van der Waals surface area (Å²) in [5, 5.41) is 3.83. The van der Waals surface area contributed by atoms with Crippen LogP contribution in [0, 0.1) is 19.3 Å². The van der Waals surface area contributed by atoms with E-state index in [-0.39, 0.29) is 5.91 Å². The molecule has 0 spiro atoms. The fourth-order valence-corrected chi connectivity index (χ4v) is 2.14. The lowest BCUT2D eigenvalue weighted by Gasteiger charge is -2.08. The van der Waals surface area contributed by atoms with Crippen LogP contribution in [0.3, 0.4) is 0 Å². The van der Waals surface area contributed by atoms with Crippen molar-refractivity contribution in [1.82, 2.24) is 10.3 Å². The fourth-order valence-electron chi connectivity index (χ4n) is 2.14. The number of aryl methyl sites for hydroxylation is 1. The number of carbonyl (C=O) groups is 1. The molecule has 0 atom stereocenters. The summed E-state index contributed by atoms with van der Waals surface area (Å²) < 4.78 is 0. The molecule has 1 heterocycles. The number of hydrogen-bond donors (Lipinski definition) is 1. The molecule has 0 aliphatic heterocycles. The van der Waals surface area contributed by atoms with Crippen LogP contribution in [0.15, 0.2) is 30.3 Å². The van der Waals surface area contributed by atoms with E-state index in [2.05, 4.69) is 16.2 Å². The van der Waals surface area contributed by atoms with Crippen molar-refractivity contribution < 1.29 is 4.79 Å².